The number of aromatic nitrogens is 1. The van der Waals surface area contributed by atoms with Crippen molar-refractivity contribution in [2.75, 3.05) is 13.1 Å². The highest BCUT2D eigenvalue weighted by molar-refractivity contribution is 5.28. The number of allylic oxidation sites excluding steroid dienone is 2. The molecule has 3 heteroatoms. The number of hydrogen-bond donors (Lipinski definition) is 0. The van der Waals surface area contributed by atoms with E-state index >= 15 is 0 Å². The molecule has 2 heterocycles. The molecule has 2 atom stereocenters. The molecule has 20 heavy (non-hydrogen) atoms. The lowest BCUT2D eigenvalue weighted by atomic mass is 9.83. The number of rotatable bonds is 3. The predicted octanol–water partition coefficient (Wildman–Crippen LogP) is 3.17. The maximum Gasteiger partial charge on any atom is 0.120 e. The Hall–Kier alpha value is -1.53. The number of nitriles is 1. The van der Waals surface area contributed by atoms with Crippen molar-refractivity contribution in [1.82, 2.24) is 9.47 Å². The summed E-state index contributed by atoms with van der Waals surface area (Å²) in [6.45, 7) is 8.65. The maximum atomic E-state index is 9.13. The molecule has 0 amide bonds. The van der Waals surface area contributed by atoms with E-state index in [0.29, 0.717) is 0 Å². The number of hydrogen-bond acceptors (Lipinski definition) is 2. The average molecular weight is 269 g/mol. The van der Waals surface area contributed by atoms with Gasteiger partial charge in [-0.1, -0.05) is 11.6 Å². The minimum Gasteiger partial charge on any atom is -0.339 e. The third-order valence-corrected chi connectivity index (χ3v) is 4.82. The molecule has 1 saturated heterocycles. The second-order valence-electron chi connectivity index (χ2n) is 6.34. The molecule has 0 unspecified atom stereocenters. The SMILES string of the molecule is CCn1cc(CN2C[C@H]3CC(C)=CC[C@H]3C2)cc1C#N. The summed E-state index contributed by atoms with van der Waals surface area (Å²) < 4.78 is 2.05. The van der Waals surface area contributed by atoms with Gasteiger partial charge in [0, 0.05) is 32.4 Å². The zero-order valence-corrected chi connectivity index (χ0v) is 12.5. The summed E-state index contributed by atoms with van der Waals surface area (Å²) >= 11 is 0. The highest BCUT2D eigenvalue weighted by Crippen LogP contribution is 2.36. The molecule has 1 aromatic rings. The minimum atomic E-state index is 0.789. The van der Waals surface area contributed by atoms with Gasteiger partial charge in [-0.25, -0.2) is 0 Å². The zero-order chi connectivity index (χ0) is 14.1. The van der Waals surface area contributed by atoms with Crippen LogP contribution in [0.25, 0.3) is 0 Å². The first-order chi connectivity index (χ1) is 9.69. The van der Waals surface area contributed by atoms with Gasteiger partial charge in [-0.2, -0.15) is 5.26 Å². The molecule has 1 aliphatic carbocycles. The summed E-state index contributed by atoms with van der Waals surface area (Å²) in [6, 6.07) is 4.33. The predicted molar refractivity (Wildman–Crippen MR) is 80.1 cm³/mol. The first-order valence-corrected chi connectivity index (χ1v) is 7.66. The van der Waals surface area contributed by atoms with Crippen LogP contribution in [0.15, 0.2) is 23.9 Å². The molecule has 0 saturated carbocycles. The van der Waals surface area contributed by atoms with Crippen LogP contribution in [0, 0.1) is 23.2 Å². The van der Waals surface area contributed by atoms with Crippen LogP contribution in [0.2, 0.25) is 0 Å². The standard InChI is InChI=1S/C17H23N3/c1-3-20-10-14(7-17(20)8-18)9-19-11-15-5-4-13(2)6-16(15)12-19/h4,7,10,15-16H,3,5-6,9,11-12H2,1-2H3/t15-,16+/m0/s1. The van der Waals surface area contributed by atoms with Crippen molar-refractivity contribution in [1.29, 1.82) is 5.26 Å². The third kappa shape index (κ3) is 2.53. The Morgan fingerprint density at radius 1 is 1.35 bits per heavy atom. The van der Waals surface area contributed by atoms with Crippen molar-refractivity contribution >= 4 is 0 Å². The summed E-state index contributed by atoms with van der Waals surface area (Å²) in [5.41, 5.74) is 3.64. The maximum absolute atomic E-state index is 9.13. The summed E-state index contributed by atoms with van der Waals surface area (Å²) in [6.07, 6.45) is 7.10. The highest BCUT2D eigenvalue weighted by atomic mass is 15.2. The van der Waals surface area contributed by atoms with Gasteiger partial charge in [0.2, 0.25) is 0 Å². The molecule has 0 aromatic carbocycles. The lowest BCUT2D eigenvalue weighted by Crippen LogP contribution is -2.20. The van der Waals surface area contributed by atoms with Gasteiger partial charge < -0.3 is 4.57 Å². The zero-order valence-electron chi connectivity index (χ0n) is 12.5. The van der Waals surface area contributed by atoms with Gasteiger partial charge in [-0.15, -0.1) is 0 Å². The summed E-state index contributed by atoms with van der Waals surface area (Å²) in [7, 11) is 0. The Morgan fingerprint density at radius 2 is 2.15 bits per heavy atom. The van der Waals surface area contributed by atoms with Crippen LogP contribution >= 0.6 is 0 Å². The molecule has 0 spiro atoms. The van der Waals surface area contributed by atoms with Crippen LogP contribution < -0.4 is 0 Å². The van der Waals surface area contributed by atoms with Crippen LogP contribution in [0.1, 0.15) is 37.9 Å². The first-order valence-electron chi connectivity index (χ1n) is 7.66. The fourth-order valence-corrected chi connectivity index (χ4v) is 3.78. The van der Waals surface area contributed by atoms with Crippen molar-refractivity contribution in [3.63, 3.8) is 0 Å². The topological polar surface area (TPSA) is 32.0 Å². The number of aryl methyl sites for hydroxylation is 1. The molecule has 0 N–H and O–H groups in total. The smallest absolute Gasteiger partial charge is 0.120 e. The van der Waals surface area contributed by atoms with E-state index in [2.05, 4.69) is 43.2 Å². The van der Waals surface area contributed by atoms with Gasteiger partial charge in [-0.3, -0.25) is 4.90 Å². The molecule has 1 aliphatic heterocycles. The second-order valence-corrected chi connectivity index (χ2v) is 6.34. The van der Waals surface area contributed by atoms with Crippen molar-refractivity contribution in [2.24, 2.45) is 11.8 Å². The minimum absolute atomic E-state index is 0.789. The fourth-order valence-electron chi connectivity index (χ4n) is 3.78. The van der Waals surface area contributed by atoms with Gasteiger partial charge in [0.05, 0.1) is 0 Å². The average Bonchev–Trinajstić information content (AvgIpc) is 3.01. The van der Waals surface area contributed by atoms with E-state index in [4.69, 9.17) is 5.26 Å². The highest BCUT2D eigenvalue weighted by Gasteiger charge is 2.33. The van der Waals surface area contributed by atoms with Gasteiger partial charge in [0.15, 0.2) is 0 Å². The van der Waals surface area contributed by atoms with E-state index in [9.17, 15) is 0 Å². The lowest BCUT2D eigenvalue weighted by molar-refractivity contribution is 0.313. The molecule has 1 fully saturated rings. The van der Waals surface area contributed by atoms with E-state index < -0.39 is 0 Å². The molecule has 106 valence electrons. The monoisotopic (exact) mass is 269 g/mol. The Balaban J connectivity index is 1.66. The fraction of sp³-hybridized carbons (Fsp3) is 0.588. The normalized spacial score (nSPS) is 26.1. The molecule has 3 nitrogen and oxygen atoms in total. The summed E-state index contributed by atoms with van der Waals surface area (Å²) in [5, 5.41) is 9.13. The molecule has 3 rings (SSSR count). The van der Waals surface area contributed by atoms with Gasteiger partial charge in [0.1, 0.15) is 11.8 Å². The Morgan fingerprint density at radius 3 is 2.85 bits per heavy atom. The van der Waals surface area contributed by atoms with Gasteiger partial charge in [0.25, 0.3) is 0 Å². The molecule has 1 aromatic heterocycles. The summed E-state index contributed by atoms with van der Waals surface area (Å²) in [5.74, 6) is 1.70. The van der Waals surface area contributed by atoms with E-state index in [-0.39, 0.29) is 0 Å². The van der Waals surface area contributed by atoms with E-state index in [1.54, 1.807) is 5.57 Å². The van der Waals surface area contributed by atoms with E-state index in [1.807, 2.05) is 4.57 Å². The van der Waals surface area contributed by atoms with Crippen molar-refractivity contribution in [3.8, 4) is 6.07 Å². The second kappa shape index (κ2) is 5.46. The van der Waals surface area contributed by atoms with Crippen LogP contribution in [-0.2, 0) is 13.1 Å². The van der Waals surface area contributed by atoms with Crippen molar-refractivity contribution in [3.05, 3.63) is 35.2 Å². The van der Waals surface area contributed by atoms with Crippen LogP contribution in [0.4, 0.5) is 0 Å². The van der Waals surface area contributed by atoms with Crippen LogP contribution in [-0.4, -0.2) is 22.6 Å². The first kappa shape index (κ1) is 13.5. The number of fused-ring (bicyclic) bond motifs is 1. The Bertz CT molecular complexity index is 561. The number of nitrogens with zero attached hydrogens (tertiary/aromatic N) is 3. The van der Waals surface area contributed by atoms with Crippen LogP contribution in [0.3, 0.4) is 0 Å². The Kier molecular flexibility index (Phi) is 3.67. The van der Waals surface area contributed by atoms with Crippen molar-refractivity contribution in [2.45, 2.75) is 39.8 Å². The van der Waals surface area contributed by atoms with E-state index in [1.165, 1.54) is 31.5 Å². The number of likely N-dealkylation sites (tertiary alicyclic amines) is 1. The van der Waals surface area contributed by atoms with Crippen LogP contribution in [0.5, 0.6) is 0 Å². The molecular weight excluding hydrogens is 246 g/mol. The quantitative estimate of drug-likeness (QED) is 0.789. The van der Waals surface area contributed by atoms with Crippen molar-refractivity contribution < 1.29 is 0 Å². The lowest BCUT2D eigenvalue weighted by Gasteiger charge is -2.22. The molecule has 0 radical (unpaired) electrons. The third-order valence-electron chi connectivity index (χ3n) is 4.82. The van der Waals surface area contributed by atoms with E-state index in [0.717, 1.165) is 30.6 Å². The largest absolute Gasteiger partial charge is 0.339 e. The van der Waals surface area contributed by atoms with Gasteiger partial charge in [-0.05, 0) is 50.2 Å². The molecule has 0 bridgehead atoms. The molecular formula is C17H23N3. The Labute approximate surface area is 121 Å². The summed E-state index contributed by atoms with van der Waals surface area (Å²) in [4.78, 5) is 2.57. The molecule has 2 aliphatic rings. The van der Waals surface area contributed by atoms with Gasteiger partial charge >= 0.3 is 0 Å².